The Labute approximate surface area is 186 Å². The van der Waals surface area contributed by atoms with Crippen LogP contribution in [0.2, 0.25) is 0 Å². The molecule has 0 amide bonds. The molecule has 0 saturated carbocycles. The molecule has 0 aliphatic heterocycles. The minimum Gasteiger partial charge on any atom is -0.469 e. The minimum absolute atomic E-state index is 0. The summed E-state index contributed by atoms with van der Waals surface area (Å²) in [4.78, 5) is 4.41. The van der Waals surface area contributed by atoms with Crippen molar-refractivity contribution in [2.45, 2.75) is 38.6 Å². The van der Waals surface area contributed by atoms with Gasteiger partial charge in [0.25, 0.3) is 0 Å². The molecule has 5 nitrogen and oxygen atoms in total. The van der Waals surface area contributed by atoms with Crippen molar-refractivity contribution in [3.05, 3.63) is 59.5 Å². The van der Waals surface area contributed by atoms with Crippen LogP contribution in [0.1, 0.15) is 30.7 Å². The first kappa shape index (κ1) is 25.3. The third-order valence-corrected chi connectivity index (χ3v) is 4.15. The molecule has 0 saturated heterocycles. The van der Waals surface area contributed by atoms with Gasteiger partial charge in [-0.25, -0.2) is 4.99 Å². The van der Waals surface area contributed by atoms with Crippen LogP contribution in [0, 0.1) is 0 Å². The maximum absolute atomic E-state index is 12.9. The number of hydrogen-bond donors (Lipinski definition) is 2. The topological polar surface area (TPSA) is 58.8 Å². The maximum atomic E-state index is 12.9. The Kier molecular flexibility index (Phi) is 9.97. The second kappa shape index (κ2) is 11.4. The summed E-state index contributed by atoms with van der Waals surface area (Å²) < 4.78 is 49.3. The van der Waals surface area contributed by atoms with E-state index in [1.54, 1.807) is 19.4 Å². The van der Waals surface area contributed by atoms with E-state index in [-0.39, 0.29) is 30.5 Å². The molecule has 2 rings (SSSR count). The number of nitrogens with one attached hydrogen (secondary N) is 2. The Morgan fingerprint density at radius 1 is 1.14 bits per heavy atom. The second-order valence-electron chi connectivity index (χ2n) is 6.94. The number of furan rings is 1. The Balaban J connectivity index is 0.00000420. The summed E-state index contributed by atoms with van der Waals surface area (Å²) in [5.74, 6) is 1.33. The molecule has 2 aromatic rings. The van der Waals surface area contributed by atoms with Crippen LogP contribution in [0.25, 0.3) is 0 Å². The standard InChI is InChI=1S/C20H26F3N3O2.HI/c1-19(2,27-3)14-26-18(24-10-9-17-8-5-11-28-17)25-13-15-6-4-7-16(12-15)20(21,22)23;/h4-8,11-12H,9-10,13-14H2,1-3H3,(H2,24,25,26);1H. The van der Waals surface area contributed by atoms with Gasteiger partial charge in [-0.15, -0.1) is 24.0 Å². The Morgan fingerprint density at radius 2 is 1.90 bits per heavy atom. The van der Waals surface area contributed by atoms with Crippen LogP contribution >= 0.6 is 24.0 Å². The number of halogens is 4. The first-order chi connectivity index (χ1) is 13.2. The third-order valence-electron chi connectivity index (χ3n) is 4.15. The van der Waals surface area contributed by atoms with E-state index in [1.165, 1.54) is 6.07 Å². The lowest BCUT2D eigenvalue weighted by atomic mass is 10.1. The SMILES string of the molecule is COC(C)(C)CNC(=NCc1cccc(C(F)(F)F)c1)NCCc1ccco1.I. The highest BCUT2D eigenvalue weighted by Crippen LogP contribution is 2.29. The van der Waals surface area contributed by atoms with Gasteiger partial charge in [-0.3, -0.25) is 0 Å². The lowest BCUT2D eigenvalue weighted by Crippen LogP contribution is -2.45. The van der Waals surface area contributed by atoms with Crippen LogP contribution < -0.4 is 10.6 Å². The second-order valence-corrected chi connectivity index (χ2v) is 6.94. The zero-order chi connectivity index (χ0) is 20.6. The van der Waals surface area contributed by atoms with Gasteiger partial charge in [0, 0.05) is 26.6 Å². The predicted octanol–water partition coefficient (Wildman–Crippen LogP) is 4.62. The number of rotatable bonds is 8. The third kappa shape index (κ3) is 9.07. The fraction of sp³-hybridized carbons (Fsp3) is 0.450. The van der Waals surface area contributed by atoms with Gasteiger partial charge in [-0.2, -0.15) is 13.2 Å². The van der Waals surface area contributed by atoms with Gasteiger partial charge in [-0.1, -0.05) is 12.1 Å². The number of methoxy groups -OCH3 is 1. The smallest absolute Gasteiger partial charge is 0.416 e. The van der Waals surface area contributed by atoms with Gasteiger partial charge in [-0.05, 0) is 43.7 Å². The molecule has 9 heteroatoms. The van der Waals surface area contributed by atoms with Crippen LogP contribution in [0.4, 0.5) is 13.2 Å². The molecule has 162 valence electrons. The van der Waals surface area contributed by atoms with E-state index in [0.29, 0.717) is 31.0 Å². The monoisotopic (exact) mass is 525 g/mol. The van der Waals surface area contributed by atoms with Gasteiger partial charge >= 0.3 is 6.18 Å². The summed E-state index contributed by atoms with van der Waals surface area (Å²) in [6.45, 7) is 5.02. The predicted molar refractivity (Wildman–Crippen MR) is 118 cm³/mol. The van der Waals surface area contributed by atoms with E-state index >= 15 is 0 Å². The van der Waals surface area contributed by atoms with E-state index < -0.39 is 17.3 Å². The summed E-state index contributed by atoms with van der Waals surface area (Å²) >= 11 is 0. The van der Waals surface area contributed by atoms with Gasteiger partial charge in [0.15, 0.2) is 5.96 Å². The fourth-order valence-corrected chi connectivity index (χ4v) is 2.32. The number of aliphatic imine (C=N–C) groups is 1. The molecular weight excluding hydrogens is 498 g/mol. The Bertz CT molecular complexity index is 763. The van der Waals surface area contributed by atoms with Crippen molar-refractivity contribution < 1.29 is 22.3 Å². The number of hydrogen-bond acceptors (Lipinski definition) is 3. The van der Waals surface area contributed by atoms with Gasteiger partial charge in [0.05, 0.1) is 24.0 Å². The zero-order valence-corrected chi connectivity index (χ0v) is 19.0. The molecule has 0 bridgehead atoms. The van der Waals surface area contributed by atoms with Crippen molar-refractivity contribution in [2.75, 3.05) is 20.2 Å². The van der Waals surface area contributed by atoms with Crippen molar-refractivity contribution in [2.24, 2.45) is 4.99 Å². The van der Waals surface area contributed by atoms with E-state index in [0.717, 1.165) is 17.9 Å². The van der Waals surface area contributed by atoms with Crippen molar-refractivity contribution in [3.63, 3.8) is 0 Å². The molecule has 0 spiro atoms. The van der Waals surface area contributed by atoms with Crippen molar-refractivity contribution in [1.29, 1.82) is 0 Å². The average molecular weight is 525 g/mol. The molecular formula is C20H27F3IN3O2. The molecule has 2 N–H and O–H groups in total. The lowest BCUT2D eigenvalue weighted by molar-refractivity contribution is -0.137. The zero-order valence-electron chi connectivity index (χ0n) is 16.7. The van der Waals surface area contributed by atoms with E-state index in [1.807, 2.05) is 26.0 Å². The van der Waals surface area contributed by atoms with Crippen molar-refractivity contribution >= 4 is 29.9 Å². The number of ether oxygens (including phenoxy) is 1. The highest BCUT2D eigenvalue weighted by molar-refractivity contribution is 14.0. The summed E-state index contributed by atoms with van der Waals surface area (Å²) in [6.07, 6.45) is -2.10. The fourth-order valence-electron chi connectivity index (χ4n) is 2.32. The summed E-state index contributed by atoms with van der Waals surface area (Å²) in [5, 5.41) is 6.34. The molecule has 1 heterocycles. The highest BCUT2D eigenvalue weighted by atomic mass is 127. The summed E-state index contributed by atoms with van der Waals surface area (Å²) in [5.41, 5.74) is -0.617. The molecule has 0 atom stereocenters. The van der Waals surface area contributed by atoms with Gasteiger partial charge in [0.2, 0.25) is 0 Å². The quantitative estimate of drug-likeness (QED) is 0.300. The molecule has 29 heavy (non-hydrogen) atoms. The van der Waals surface area contributed by atoms with E-state index in [4.69, 9.17) is 9.15 Å². The van der Waals surface area contributed by atoms with Gasteiger partial charge in [0.1, 0.15) is 5.76 Å². The molecule has 1 aromatic heterocycles. The normalized spacial score (nSPS) is 12.4. The first-order valence-corrected chi connectivity index (χ1v) is 8.95. The van der Waals surface area contributed by atoms with Crippen LogP contribution in [0.3, 0.4) is 0 Å². The summed E-state index contributed by atoms with van der Waals surface area (Å²) in [6, 6.07) is 8.87. The number of alkyl halides is 3. The van der Waals surface area contributed by atoms with E-state index in [2.05, 4.69) is 15.6 Å². The number of guanidine groups is 1. The molecule has 1 aromatic carbocycles. The van der Waals surface area contributed by atoms with Crippen molar-refractivity contribution in [3.8, 4) is 0 Å². The average Bonchev–Trinajstić information content (AvgIpc) is 3.16. The minimum atomic E-state index is -4.37. The highest BCUT2D eigenvalue weighted by Gasteiger charge is 2.30. The maximum Gasteiger partial charge on any atom is 0.416 e. The lowest BCUT2D eigenvalue weighted by Gasteiger charge is -2.24. The largest absolute Gasteiger partial charge is 0.469 e. The van der Waals surface area contributed by atoms with Gasteiger partial charge < -0.3 is 19.8 Å². The van der Waals surface area contributed by atoms with Crippen LogP contribution in [0.15, 0.2) is 52.1 Å². The Morgan fingerprint density at radius 3 is 2.52 bits per heavy atom. The van der Waals surface area contributed by atoms with Crippen LogP contribution in [-0.4, -0.2) is 31.8 Å². The van der Waals surface area contributed by atoms with Crippen molar-refractivity contribution in [1.82, 2.24) is 10.6 Å². The molecule has 0 aliphatic carbocycles. The molecule has 0 aliphatic rings. The number of nitrogens with zero attached hydrogens (tertiary/aromatic N) is 1. The summed E-state index contributed by atoms with van der Waals surface area (Å²) in [7, 11) is 1.62. The Hall–Kier alpha value is -1.75. The first-order valence-electron chi connectivity index (χ1n) is 8.95. The van der Waals surface area contributed by atoms with Crippen LogP contribution in [0.5, 0.6) is 0 Å². The van der Waals surface area contributed by atoms with Crippen LogP contribution in [-0.2, 0) is 23.9 Å². The molecule has 0 unspecified atom stereocenters. The molecule has 0 fully saturated rings. The van der Waals surface area contributed by atoms with E-state index in [9.17, 15) is 13.2 Å². The number of benzene rings is 1. The molecule has 0 radical (unpaired) electrons.